The van der Waals surface area contributed by atoms with Gasteiger partial charge < -0.3 is 10.1 Å². The number of carbonyl (C=O) groups is 1. The zero-order valence-electron chi connectivity index (χ0n) is 10.4. The van der Waals surface area contributed by atoms with E-state index in [1.54, 1.807) is 12.1 Å². The summed E-state index contributed by atoms with van der Waals surface area (Å²) in [5, 5.41) is 2.73. The molecule has 0 unspecified atom stereocenters. The van der Waals surface area contributed by atoms with E-state index >= 15 is 0 Å². The molecule has 2 aromatic carbocycles. The summed E-state index contributed by atoms with van der Waals surface area (Å²) in [7, 11) is 1.52. The van der Waals surface area contributed by atoms with Gasteiger partial charge in [0.1, 0.15) is 11.6 Å². The summed E-state index contributed by atoms with van der Waals surface area (Å²) in [6.07, 6.45) is 0. The van der Waals surface area contributed by atoms with E-state index in [1.807, 2.05) is 6.07 Å². The Balaban J connectivity index is 2.30. The number of halogens is 3. The third-order valence-corrected chi connectivity index (χ3v) is 3.73. The van der Waals surface area contributed by atoms with Crippen molar-refractivity contribution < 1.29 is 13.9 Å². The van der Waals surface area contributed by atoms with Crippen molar-refractivity contribution in [3.05, 3.63) is 56.7 Å². The maximum Gasteiger partial charge on any atom is 0.256 e. The lowest BCUT2D eigenvalue weighted by Gasteiger charge is -2.11. The van der Waals surface area contributed by atoms with Crippen molar-refractivity contribution in [3.63, 3.8) is 0 Å². The third-order valence-electron chi connectivity index (χ3n) is 2.59. The van der Waals surface area contributed by atoms with E-state index in [0.717, 1.165) is 4.47 Å². The smallest absolute Gasteiger partial charge is 0.256 e. The lowest BCUT2D eigenvalue weighted by Crippen LogP contribution is -2.13. The molecule has 0 saturated heterocycles. The molecule has 2 aromatic rings. The van der Waals surface area contributed by atoms with Crippen LogP contribution >= 0.6 is 31.9 Å². The summed E-state index contributed by atoms with van der Waals surface area (Å²) in [6.45, 7) is 0. The molecular weight excluding hydrogens is 393 g/mol. The largest absolute Gasteiger partial charge is 0.495 e. The molecule has 0 heterocycles. The molecule has 6 heteroatoms. The second-order valence-electron chi connectivity index (χ2n) is 3.92. The van der Waals surface area contributed by atoms with Gasteiger partial charge in [0, 0.05) is 8.95 Å². The maximum absolute atomic E-state index is 13.0. The van der Waals surface area contributed by atoms with Crippen molar-refractivity contribution >= 4 is 43.5 Å². The normalized spacial score (nSPS) is 10.2. The molecule has 0 radical (unpaired) electrons. The monoisotopic (exact) mass is 401 g/mol. The summed E-state index contributed by atoms with van der Waals surface area (Å²) in [6, 6.07) is 9.17. The van der Waals surface area contributed by atoms with Crippen LogP contribution in [0, 0.1) is 5.82 Å². The van der Waals surface area contributed by atoms with Crippen LogP contribution in [0.5, 0.6) is 5.75 Å². The molecule has 0 aromatic heterocycles. The lowest BCUT2D eigenvalue weighted by atomic mass is 10.2. The van der Waals surface area contributed by atoms with Crippen molar-refractivity contribution in [3.8, 4) is 5.75 Å². The average molecular weight is 403 g/mol. The molecule has 0 aliphatic carbocycles. The van der Waals surface area contributed by atoms with Crippen molar-refractivity contribution in [1.82, 2.24) is 0 Å². The molecule has 1 amide bonds. The fourth-order valence-corrected chi connectivity index (χ4v) is 2.53. The molecule has 0 bridgehead atoms. The SMILES string of the molecule is COc1ccc(Br)cc1NC(=O)c1ccc(F)cc1Br. The lowest BCUT2D eigenvalue weighted by molar-refractivity contribution is 0.102. The standard InChI is InChI=1S/C14H10Br2FNO2/c1-20-13-5-2-8(15)6-12(13)18-14(19)10-4-3-9(17)7-11(10)16/h2-7H,1H3,(H,18,19). The first-order chi connectivity index (χ1) is 9.51. The van der Waals surface area contributed by atoms with Crippen LogP contribution in [0.15, 0.2) is 45.3 Å². The quantitative estimate of drug-likeness (QED) is 0.813. The molecule has 0 spiro atoms. The number of hydrogen-bond acceptors (Lipinski definition) is 2. The summed E-state index contributed by atoms with van der Waals surface area (Å²) < 4.78 is 19.4. The van der Waals surface area contributed by atoms with Crippen LogP contribution in [0.4, 0.5) is 10.1 Å². The van der Waals surface area contributed by atoms with E-state index in [9.17, 15) is 9.18 Å². The van der Waals surface area contributed by atoms with E-state index in [0.29, 0.717) is 21.5 Å². The van der Waals surface area contributed by atoms with Crippen molar-refractivity contribution in [2.24, 2.45) is 0 Å². The van der Waals surface area contributed by atoms with E-state index in [1.165, 1.54) is 25.3 Å². The van der Waals surface area contributed by atoms with Gasteiger partial charge in [-0.15, -0.1) is 0 Å². The van der Waals surface area contributed by atoms with Crippen LogP contribution in [0.3, 0.4) is 0 Å². The number of benzene rings is 2. The van der Waals surface area contributed by atoms with Gasteiger partial charge in [-0.2, -0.15) is 0 Å². The number of nitrogens with one attached hydrogen (secondary N) is 1. The van der Waals surface area contributed by atoms with Gasteiger partial charge in [0.2, 0.25) is 0 Å². The minimum absolute atomic E-state index is 0.341. The van der Waals surface area contributed by atoms with Crippen LogP contribution < -0.4 is 10.1 Å². The highest BCUT2D eigenvalue weighted by molar-refractivity contribution is 9.10. The Labute approximate surface area is 132 Å². The fraction of sp³-hybridized carbons (Fsp3) is 0.0714. The van der Waals surface area contributed by atoms with Gasteiger partial charge >= 0.3 is 0 Å². The summed E-state index contributed by atoms with van der Waals surface area (Å²) in [4.78, 5) is 12.2. The Bertz CT molecular complexity index is 662. The number of methoxy groups -OCH3 is 1. The minimum atomic E-state index is -0.409. The molecule has 0 fully saturated rings. The van der Waals surface area contributed by atoms with E-state index in [4.69, 9.17) is 4.74 Å². The number of hydrogen-bond donors (Lipinski definition) is 1. The van der Waals surface area contributed by atoms with Crippen LogP contribution in [0.25, 0.3) is 0 Å². The first-order valence-corrected chi connectivity index (χ1v) is 7.20. The highest BCUT2D eigenvalue weighted by Gasteiger charge is 2.13. The van der Waals surface area contributed by atoms with Gasteiger partial charge in [-0.3, -0.25) is 4.79 Å². The summed E-state index contributed by atoms with van der Waals surface area (Å²) in [5.41, 5.74) is 0.872. The first kappa shape index (κ1) is 15.0. The second-order valence-corrected chi connectivity index (χ2v) is 5.69. The zero-order valence-corrected chi connectivity index (χ0v) is 13.6. The molecular formula is C14H10Br2FNO2. The highest BCUT2D eigenvalue weighted by atomic mass is 79.9. The van der Waals surface area contributed by atoms with Gasteiger partial charge in [0.25, 0.3) is 5.91 Å². The van der Waals surface area contributed by atoms with Gasteiger partial charge in [-0.05, 0) is 52.3 Å². The Kier molecular flexibility index (Phi) is 4.77. The van der Waals surface area contributed by atoms with Gasteiger partial charge in [0.05, 0.1) is 18.4 Å². The maximum atomic E-state index is 13.0. The molecule has 0 aliphatic heterocycles. The molecule has 104 valence electrons. The van der Waals surface area contributed by atoms with Crippen molar-refractivity contribution in [1.29, 1.82) is 0 Å². The molecule has 1 N–H and O–H groups in total. The second kappa shape index (κ2) is 6.37. The molecule has 3 nitrogen and oxygen atoms in total. The molecule has 20 heavy (non-hydrogen) atoms. The van der Waals surface area contributed by atoms with Crippen LogP contribution in [-0.2, 0) is 0 Å². The number of ether oxygens (including phenoxy) is 1. The van der Waals surface area contributed by atoms with E-state index < -0.39 is 5.82 Å². The Hall–Kier alpha value is -1.40. The molecule has 2 rings (SSSR count). The van der Waals surface area contributed by atoms with Crippen LogP contribution in [-0.4, -0.2) is 13.0 Å². The van der Waals surface area contributed by atoms with E-state index in [2.05, 4.69) is 37.2 Å². The van der Waals surface area contributed by atoms with E-state index in [-0.39, 0.29) is 5.91 Å². The summed E-state index contributed by atoms with van der Waals surface area (Å²) >= 11 is 6.50. The number of rotatable bonds is 3. The topological polar surface area (TPSA) is 38.3 Å². The number of carbonyl (C=O) groups excluding carboxylic acids is 1. The van der Waals surface area contributed by atoms with Crippen LogP contribution in [0.1, 0.15) is 10.4 Å². The number of amides is 1. The molecule has 0 saturated carbocycles. The first-order valence-electron chi connectivity index (χ1n) is 5.61. The van der Waals surface area contributed by atoms with Gasteiger partial charge in [-0.1, -0.05) is 15.9 Å². The third kappa shape index (κ3) is 3.37. The molecule has 0 atom stereocenters. The summed E-state index contributed by atoms with van der Waals surface area (Å²) in [5.74, 6) is -0.221. The predicted octanol–water partition coefficient (Wildman–Crippen LogP) is 4.61. The number of anilines is 1. The Morgan fingerprint density at radius 3 is 2.60 bits per heavy atom. The highest BCUT2D eigenvalue weighted by Crippen LogP contribution is 2.29. The average Bonchev–Trinajstić information content (AvgIpc) is 2.38. The van der Waals surface area contributed by atoms with Gasteiger partial charge in [-0.25, -0.2) is 4.39 Å². The Morgan fingerprint density at radius 2 is 1.95 bits per heavy atom. The fourth-order valence-electron chi connectivity index (χ4n) is 1.64. The van der Waals surface area contributed by atoms with Crippen molar-refractivity contribution in [2.45, 2.75) is 0 Å². The molecule has 0 aliphatic rings. The zero-order chi connectivity index (χ0) is 14.7. The Morgan fingerprint density at radius 1 is 1.20 bits per heavy atom. The van der Waals surface area contributed by atoms with Crippen molar-refractivity contribution in [2.75, 3.05) is 12.4 Å². The van der Waals surface area contributed by atoms with Gasteiger partial charge in [0.15, 0.2) is 0 Å². The minimum Gasteiger partial charge on any atom is -0.495 e. The predicted molar refractivity (Wildman–Crippen MR) is 82.7 cm³/mol. The van der Waals surface area contributed by atoms with Crippen LogP contribution in [0.2, 0.25) is 0 Å².